The largest absolute Gasteiger partial charge is 0.286 e. The van der Waals surface area contributed by atoms with Crippen molar-refractivity contribution in [1.29, 1.82) is 0 Å². The van der Waals surface area contributed by atoms with E-state index in [1.807, 2.05) is 0 Å². The first-order chi connectivity index (χ1) is 22.8. The van der Waals surface area contributed by atoms with E-state index in [0.717, 1.165) is 26.2 Å². The van der Waals surface area contributed by atoms with Gasteiger partial charge in [0.2, 0.25) is 0 Å². The topological polar surface area (TPSA) is 6.48 Å². The van der Waals surface area contributed by atoms with Crippen molar-refractivity contribution >= 4 is 21.5 Å². The van der Waals surface area contributed by atoms with E-state index >= 15 is 0 Å². The number of rotatable bonds is 5. The van der Waals surface area contributed by atoms with Gasteiger partial charge in [0.05, 0.1) is 12.1 Å². The summed E-state index contributed by atoms with van der Waals surface area (Å²) in [7, 11) is 0. The molecule has 0 unspecified atom stereocenters. The van der Waals surface area contributed by atoms with Gasteiger partial charge in [-0.1, -0.05) is 158 Å². The maximum absolute atomic E-state index is 2.77. The van der Waals surface area contributed by atoms with E-state index in [1.165, 1.54) is 66.1 Å². The van der Waals surface area contributed by atoms with Crippen LogP contribution in [0.1, 0.15) is 45.5 Å². The molecule has 2 heteroatoms. The van der Waals surface area contributed by atoms with Crippen LogP contribution in [-0.4, -0.2) is 9.80 Å². The van der Waals surface area contributed by atoms with E-state index in [9.17, 15) is 0 Å². The van der Waals surface area contributed by atoms with Gasteiger partial charge in [-0.05, 0) is 66.1 Å². The maximum atomic E-state index is 2.77. The highest BCUT2D eigenvalue weighted by molar-refractivity contribution is 6.08. The third-order valence-corrected chi connectivity index (χ3v) is 10.3. The van der Waals surface area contributed by atoms with E-state index in [1.54, 1.807) is 0 Å². The van der Waals surface area contributed by atoms with Gasteiger partial charge in [-0.25, -0.2) is 0 Å². The van der Waals surface area contributed by atoms with Crippen molar-refractivity contribution < 1.29 is 0 Å². The molecule has 7 aromatic rings. The van der Waals surface area contributed by atoms with Crippen molar-refractivity contribution in [3.63, 3.8) is 0 Å². The quantitative estimate of drug-likeness (QED) is 0.196. The summed E-state index contributed by atoms with van der Waals surface area (Å²) in [6.07, 6.45) is 0. The number of hydrogen-bond acceptors (Lipinski definition) is 2. The van der Waals surface area contributed by atoms with Gasteiger partial charge >= 0.3 is 0 Å². The first kappa shape index (κ1) is 27.3. The lowest BCUT2D eigenvalue weighted by atomic mass is 9.88. The van der Waals surface area contributed by atoms with Crippen molar-refractivity contribution in [2.45, 2.75) is 38.3 Å². The van der Waals surface area contributed by atoms with Gasteiger partial charge in [0.1, 0.15) is 0 Å². The molecule has 0 bridgehead atoms. The maximum Gasteiger partial charge on any atom is 0.0552 e. The highest BCUT2D eigenvalue weighted by Gasteiger charge is 2.38. The Morgan fingerprint density at radius 2 is 0.696 bits per heavy atom. The standard InChI is InChI=1S/C44H36N2/c1-3-15-33(16-4-1)43(45-27-35-19-7-8-20-36(35)28-45)44(34-17-5-2-6-18-34)46-29-37-25-23-31-13-9-11-21-39(31)41(37)42-38(30-46)26-24-32-14-10-12-22-40(32)42/h1-26,43-44H,27-30H2/t43-,44-/m0/s1. The summed E-state index contributed by atoms with van der Waals surface area (Å²) in [5, 5.41) is 5.27. The van der Waals surface area contributed by atoms with Gasteiger partial charge in [0, 0.05) is 26.2 Å². The summed E-state index contributed by atoms with van der Waals surface area (Å²) in [6, 6.07) is 59.1. The predicted molar refractivity (Wildman–Crippen MR) is 190 cm³/mol. The molecular weight excluding hydrogens is 556 g/mol. The molecule has 2 atom stereocenters. The van der Waals surface area contributed by atoms with E-state index in [4.69, 9.17) is 0 Å². The highest BCUT2D eigenvalue weighted by Crippen LogP contribution is 2.48. The van der Waals surface area contributed by atoms with Crippen molar-refractivity contribution in [1.82, 2.24) is 9.80 Å². The normalized spacial score (nSPS) is 16.0. The zero-order chi connectivity index (χ0) is 30.5. The van der Waals surface area contributed by atoms with Crippen LogP contribution in [0.3, 0.4) is 0 Å². The molecule has 0 N–H and O–H groups in total. The third-order valence-electron chi connectivity index (χ3n) is 10.3. The molecule has 2 aliphatic rings. The van der Waals surface area contributed by atoms with Crippen LogP contribution in [0, 0.1) is 0 Å². The zero-order valence-electron chi connectivity index (χ0n) is 25.9. The van der Waals surface area contributed by atoms with E-state index in [0.29, 0.717) is 0 Å². The average molecular weight is 593 g/mol. The van der Waals surface area contributed by atoms with Crippen LogP contribution in [0.2, 0.25) is 0 Å². The number of nitrogens with zero attached hydrogens (tertiary/aromatic N) is 2. The second-order valence-corrected chi connectivity index (χ2v) is 12.9. The second-order valence-electron chi connectivity index (χ2n) is 12.9. The minimum absolute atomic E-state index is 0.134. The Hall–Kier alpha value is -5.02. The van der Waals surface area contributed by atoms with Crippen LogP contribution in [0.4, 0.5) is 0 Å². The van der Waals surface area contributed by atoms with Gasteiger partial charge < -0.3 is 0 Å². The van der Waals surface area contributed by atoms with Crippen molar-refractivity contribution in [2.24, 2.45) is 0 Å². The Morgan fingerprint density at radius 3 is 1.15 bits per heavy atom. The summed E-state index contributed by atoms with van der Waals surface area (Å²) in [4.78, 5) is 5.48. The lowest BCUT2D eigenvalue weighted by Gasteiger charge is -2.42. The van der Waals surface area contributed by atoms with Crippen molar-refractivity contribution in [2.75, 3.05) is 0 Å². The predicted octanol–water partition coefficient (Wildman–Crippen LogP) is 10.5. The molecule has 0 saturated carbocycles. The molecule has 0 saturated heterocycles. The first-order valence-electron chi connectivity index (χ1n) is 16.5. The molecule has 2 nitrogen and oxygen atoms in total. The number of hydrogen-bond donors (Lipinski definition) is 0. The molecule has 0 aromatic heterocycles. The molecular formula is C44H36N2. The SMILES string of the molecule is c1ccc([C@@H]([C@H](c2ccccc2)N2Cc3ccc4ccccc4c3-c3c(ccc4ccccc34)C2)N2Cc3ccccc3C2)cc1. The molecule has 2 aliphatic heterocycles. The number of fused-ring (bicyclic) bond motifs is 8. The van der Waals surface area contributed by atoms with Crippen LogP contribution < -0.4 is 0 Å². The molecule has 46 heavy (non-hydrogen) atoms. The third kappa shape index (κ3) is 4.65. The Morgan fingerprint density at radius 1 is 0.326 bits per heavy atom. The summed E-state index contributed by atoms with van der Waals surface area (Å²) in [5.74, 6) is 0. The lowest BCUT2D eigenvalue weighted by Crippen LogP contribution is -2.38. The fourth-order valence-electron chi connectivity index (χ4n) is 8.22. The van der Waals surface area contributed by atoms with Gasteiger partial charge in [0.25, 0.3) is 0 Å². The van der Waals surface area contributed by atoms with Crippen molar-refractivity contribution in [3.05, 3.63) is 191 Å². The molecule has 0 radical (unpaired) electrons. The summed E-state index contributed by atoms with van der Waals surface area (Å²) in [5.41, 5.74) is 11.2. The van der Waals surface area contributed by atoms with Crippen LogP contribution in [0.15, 0.2) is 158 Å². The summed E-state index contributed by atoms with van der Waals surface area (Å²) < 4.78 is 0. The number of benzene rings is 7. The molecule has 222 valence electrons. The summed E-state index contributed by atoms with van der Waals surface area (Å²) in [6.45, 7) is 3.64. The molecule has 2 heterocycles. The molecule has 7 aromatic carbocycles. The zero-order valence-corrected chi connectivity index (χ0v) is 25.9. The molecule has 0 spiro atoms. The van der Waals surface area contributed by atoms with Gasteiger partial charge in [-0.15, -0.1) is 0 Å². The minimum atomic E-state index is 0.134. The van der Waals surface area contributed by atoms with Crippen LogP contribution in [0.25, 0.3) is 32.7 Å². The second kappa shape index (κ2) is 11.4. The minimum Gasteiger partial charge on any atom is -0.286 e. The molecule has 0 aliphatic carbocycles. The molecule has 0 fully saturated rings. The average Bonchev–Trinajstić information content (AvgIpc) is 3.46. The van der Waals surface area contributed by atoms with Crippen LogP contribution >= 0.6 is 0 Å². The Balaban J connectivity index is 1.27. The van der Waals surface area contributed by atoms with E-state index in [2.05, 4.69) is 168 Å². The van der Waals surface area contributed by atoms with Gasteiger partial charge in [-0.2, -0.15) is 0 Å². The Labute approximate surface area is 271 Å². The Bertz CT molecular complexity index is 2070. The van der Waals surface area contributed by atoms with Crippen LogP contribution in [-0.2, 0) is 26.2 Å². The monoisotopic (exact) mass is 592 g/mol. The lowest BCUT2D eigenvalue weighted by molar-refractivity contribution is 0.0632. The van der Waals surface area contributed by atoms with Gasteiger partial charge in [0.15, 0.2) is 0 Å². The van der Waals surface area contributed by atoms with E-state index in [-0.39, 0.29) is 12.1 Å². The first-order valence-corrected chi connectivity index (χ1v) is 16.5. The smallest absolute Gasteiger partial charge is 0.0552 e. The molecule has 9 rings (SSSR count). The van der Waals surface area contributed by atoms with Crippen molar-refractivity contribution in [3.8, 4) is 11.1 Å². The highest BCUT2D eigenvalue weighted by atomic mass is 15.3. The fraction of sp³-hybridized carbons (Fsp3) is 0.136. The van der Waals surface area contributed by atoms with Crippen LogP contribution in [0.5, 0.6) is 0 Å². The van der Waals surface area contributed by atoms with Gasteiger partial charge in [-0.3, -0.25) is 9.80 Å². The van der Waals surface area contributed by atoms with E-state index < -0.39 is 0 Å². The molecule has 0 amide bonds. The fourth-order valence-corrected chi connectivity index (χ4v) is 8.22. The Kier molecular flexibility index (Phi) is 6.77. The summed E-state index contributed by atoms with van der Waals surface area (Å²) >= 11 is 0.